The van der Waals surface area contributed by atoms with E-state index in [1.165, 1.54) is 6.33 Å². The number of fused-ring (bicyclic) bond motifs is 1. The van der Waals surface area contributed by atoms with Crippen LogP contribution in [0.2, 0.25) is 0 Å². The van der Waals surface area contributed by atoms with Gasteiger partial charge in [-0.05, 0) is 0 Å². The lowest BCUT2D eigenvalue weighted by molar-refractivity contribution is -0.647. The Morgan fingerprint density at radius 1 is 1.67 bits per heavy atom. The fourth-order valence-electron chi connectivity index (χ4n) is 1.33. The van der Waals surface area contributed by atoms with Gasteiger partial charge >= 0.3 is 5.65 Å². The third-order valence-corrected chi connectivity index (χ3v) is 1.84. The number of aryl methyl sites for hydroxylation is 2. The molecular weight excluding hydrogens is 156 g/mol. The molecule has 0 aliphatic rings. The summed E-state index contributed by atoms with van der Waals surface area (Å²) in [7, 11) is 3.67. The molecule has 0 aliphatic heterocycles. The Balaban J connectivity index is 3.09. The standard InChI is InChI=1S/C7H8N4O/c1-10-4-11(2)6-5(10)7(12)9-3-8-6/h3-4H,1-2H3/p+1. The van der Waals surface area contributed by atoms with E-state index in [0.717, 1.165) is 0 Å². The summed E-state index contributed by atoms with van der Waals surface area (Å²) in [6, 6.07) is 0. The van der Waals surface area contributed by atoms with Crippen LogP contribution in [0.5, 0.6) is 0 Å². The molecule has 5 heteroatoms. The molecule has 2 rings (SSSR count). The highest BCUT2D eigenvalue weighted by molar-refractivity contribution is 5.64. The monoisotopic (exact) mass is 165 g/mol. The molecule has 12 heavy (non-hydrogen) atoms. The van der Waals surface area contributed by atoms with Crippen molar-refractivity contribution in [2.24, 2.45) is 14.1 Å². The van der Waals surface area contributed by atoms with Crippen molar-refractivity contribution in [2.75, 3.05) is 0 Å². The number of H-pyrrole nitrogens is 1. The largest absolute Gasteiger partial charge is 0.308 e. The van der Waals surface area contributed by atoms with Crippen molar-refractivity contribution < 1.29 is 4.57 Å². The minimum Gasteiger partial charge on any atom is -0.296 e. The van der Waals surface area contributed by atoms with Gasteiger partial charge in [0.1, 0.15) is 0 Å². The predicted molar refractivity (Wildman–Crippen MR) is 42.5 cm³/mol. The average molecular weight is 165 g/mol. The van der Waals surface area contributed by atoms with Crippen molar-refractivity contribution in [3.05, 3.63) is 23.0 Å². The number of rotatable bonds is 0. The van der Waals surface area contributed by atoms with Crippen molar-refractivity contribution in [1.29, 1.82) is 0 Å². The first-order valence-corrected chi connectivity index (χ1v) is 3.58. The zero-order valence-corrected chi connectivity index (χ0v) is 6.90. The van der Waals surface area contributed by atoms with E-state index in [2.05, 4.69) is 9.97 Å². The summed E-state index contributed by atoms with van der Waals surface area (Å²) in [5.41, 5.74) is 1.18. The average Bonchev–Trinajstić information content (AvgIpc) is 2.29. The summed E-state index contributed by atoms with van der Waals surface area (Å²) < 4.78 is 3.56. The van der Waals surface area contributed by atoms with E-state index in [-0.39, 0.29) is 5.56 Å². The maximum atomic E-state index is 11.3. The first kappa shape index (κ1) is 7.02. The third-order valence-electron chi connectivity index (χ3n) is 1.84. The van der Waals surface area contributed by atoms with Gasteiger partial charge in [0.25, 0.3) is 5.56 Å². The van der Waals surface area contributed by atoms with Crippen LogP contribution in [-0.4, -0.2) is 14.5 Å². The highest BCUT2D eigenvalue weighted by Crippen LogP contribution is 1.96. The molecule has 0 fully saturated rings. The highest BCUT2D eigenvalue weighted by Gasteiger charge is 2.13. The van der Waals surface area contributed by atoms with Gasteiger partial charge in [-0.2, -0.15) is 0 Å². The van der Waals surface area contributed by atoms with E-state index in [0.29, 0.717) is 11.2 Å². The van der Waals surface area contributed by atoms with Crippen molar-refractivity contribution in [3.63, 3.8) is 0 Å². The number of nitrogens with zero attached hydrogens (tertiary/aromatic N) is 3. The van der Waals surface area contributed by atoms with Gasteiger partial charge < -0.3 is 0 Å². The molecule has 1 N–H and O–H groups in total. The van der Waals surface area contributed by atoms with E-state index < -0.39 is 0 Å². The molecule has 0 unspecified atom stereocenters. The molecule has 0 aliphatic carbocycles. The summed E-state index contributed by atoms with van der Waals surface area (Å²) in [6.45, 7) is 0. The minimum absolute atomic E-state index is 0.108. The summed E-state index contributed by atoms with van der Waals surface area (Å²) in [6.07, 6.45) is 3.22. The maximum Gasteiger partial charge on any atom is 0.308 e. The predicted octanol–water partition coefficient (Wildman–Crippen LogP) is -0.914. The number of hydrogen-bond donors (Lipinski definition) is 1. The smallest absolute Gasteiger partial charge is 0.296 e. The van der Waals surface area contributed by atoms with Crippen molar-refractivity contribution in [3.8, 4) is 0 Å². The zero-order chi connectivity index (χ0) is 8.72. The maximum absolute atomic E-state index is 11.3. The first-order chi connectivity index (χ1) is 5.70. The SMILES string of the molecule is Cn1c[n+](C)c2nc[nH]c(=O)c21. The summed E-state index contributed by atoms with van der Waals surface area (Å²) in [5, 5.41) is 0. The quantitative estimate of drug-likeness (QED) is 0.513. The molecule has 2 aromatic heterocycles. The van der Waals surface area contributed by atoms with Gasteiger partial charge in [-0.3, -0.25) is 14.3 Å². The molecule has 0 saturated carbocycles. The van der Waals surface area contributed by atoms with Crippen LogP contribution in [0, 0.1) is 0 Å². The number of hydrogen-bond acceptors (Lipinski definition) is 2. The van der Waals surface area contributed by atoms with Crippen LogP contribution in [0.25, 0.3) is 11.2 Å². The van der Waals surface area contributed by atoms with E-state index in [4.69, 9.17) is 0 Å². The molecule has 0 saturated heterocycles. The van der Waals surface area contributed by atoms with Gasteiger partial charge in [-0.25, -0.2) is 4.57 Å². The van der Waals surface area contributed by atoms with Gasteiger partial charge in [0.2, 0.25) is 5.52 Å². The molecule has 0 aromatic carbocycles. The Morgan fingerprint density at radius 3 is 3.08 bits per heavy atom. The molecule has 2 aromatic rings. The van der Waals surface area contributed by atoms with Crippen LogP contribution in [0.1, 0.15) is 0 Å². The van der Waals surface area contributed by atoms with Gasteiger partial charge in [-0.1, -0.05) is 4.98 Å². The number of nitrogens with one attached hydrogen (secondary N) is 1. The van der Waals surface area contributed by atoms with Crippen LogP contribution in [0.15, 0.2) is 17.4 Å². The molecule has 0 spiro atoms. The second-order valence-corrected chi connectivity index (χ2v) is 2.74. The molecule has 62 valence electrons. The van der Waals surface area contributed by atoms with Crippen molar-refractivity contribution in [2.45, 2.75) is 0 Å². The van der Waals surface area contributed by atoms with Crippen LogP contribution >= 0.6 is 0 Å². The molecule has 2 heterocycles. The summed E-state index contributed by atoms with van der Waals surface area (Å²) in [5.74, 6) is 0. The number of imidazole rings is 1. The molecule has 0 radical (unpaired) electrons. The lowest BCUT2D eigenvalue weighted by Gasteiger charge is -1.82. The normalized spacial score (nSPS) is 10.8. The molecule has 0 atom stereocenters. The molecule has 0 bridgehead atoms. The van der Waals surface area contributed by atoms with Crippen molar-refractivity contribution >= 4 is 11.2 Å². The van der Waals surface area contributed by atoms with Crippen molar-refractivity contribution in [1.82, 2.24) is 14.5 Å². The zero-order valence-electron chi connectivity index (χ0n) is 6.90. The Morgan fingerprint density at radius 2 is 2.42 bits per heavy atom. The summed E-state index contributed by atoms with van der Waals surface area (Å²) >= 11 is 0. The summed E-state index contributed by atoms with van der Waals surface area (Å²) in [4.78, 5) is 17.9. The Kier molecular flexibility index (Phi) is 1.27. The fraction of sp³-hybridized carbons (Fsp3) is 0.286. The Hall–Kier alpha value is -1.65. The lowest BCUT2D eigenvalue weighted by Crippen LogP contribution is -2.26. The fourth-order valence-corrected chi connectivity index (χ4v) is 1.33. The van der Waals surface area contributed by atoms with Gasteiger partial charge in [0, 0.05) is 0 Å². The lowest BCUT2D eigenvalue weighted by atomic mass is 10.5. The molecule has 0 amide bonds. The van der Waals surface area contributed by atoms with Gasteiger partial charge in [0.05, 0.1) is 14.1 Å². The third kappa shape index (κ3) is 0.761. The van der Waals surface area contributed by atoms with Crippen LogP contribution in [0.4, 0.5) is 0 Å². The number of aromatic nitrogens is 4. The first-order valence-electron chi connectivity index (χ1n) is 3.58. The van der Waals surface area contributed by atoms with Gasteiger partial charge in [0.15, 0.2) is 12.7 Å². The van der Waals surface area contributed by atoms with E-state index in [1.54, 1.807) is 4.57 Å². The van der Waals surface area contributed by atoms with E-state index >= 15 is 0 Å². The molecule has 5 nitrogen and oxygen atoms in total. The van der Waals surface area contributed by atoms with E-state index in [1.807, 2.05) is 25.0 Å². The van der Waals surface area contributed by atoms with Crippen LogP contribution < -0.4 is 10.1 Å². The van der Waals surface area contributed by atoms with E-state index in [9.17, 15) is 4.79 Å². The second-order valence-electron chi connectivity index (χ2n) is 2.74. The van der Waals surface area contributed by atoms with Crippen LogP contribution in [0.3, 0.4) is 0 Å². The Labute approximate surface area is 68.3 Å². The molecular formula is C7H9N4O+. The topological polar surface area (TPSA) is 54.6 Å². The van der Waals surface area contributed by atoms with Crippen LogP contribution in [-0.2, 0) is 14.1 Å². The highest BCUT2D eigenvalue weighted by atomic mass is 16.1. The Bertz CT molecular complexity index is 482. The second kappa shape index (κ2) is 2.17. The number of aromatic amines is 1. The minimum atomic E-state index is -0.108. The van der Waals surface area contributed by atoms with Gasteiger partial charge in [-0.15, -0.1) is 0 Å².